The summed E-state index contributed by atoms with van der Waals surface area (Å²) in [5.41, 5.74) is 7.02. The highest BCUT2D eigenvalue weighted by Gasteiger charge is 2.13. The van der Waals surface area contributed by atoms with E-state index in [0.717, 1.165) is 5.56 Å². The highest BCUT2D eigenvalue weighted by Crippen LogP contribution is 2.09. The van der Waals surface area contributed by atoms with Gasteiger partial charge in [0.15, 0.2) is 0 Å². The third-order valence-corrected chi connectivity index (χ3v) is 2.60. The number of nitrogens with one attached hydrogen (secondary N) is 1. The second-order valence-corrected chi connectivity index (χ2v) is 4.12. The number of hydrogen-bond donors (Lipinski definition) is 3. The van der Waals surface area contributed by atoms with E-state index >= 15 is 0 Å². The SMILES string of the molecule is COCC(N)C(=O)NCc1ccccc1CC(=O)O. The lowest BCUT2D eigenvalue weighted by Crippen LogP contribution is -2.43. The Morgan fingerprint density at radius 3 is 2.58 bits per heavy atom. The van der Waals surface area contributed by atoms with Crippen LogP contribution in [0.2, 0.25) is 0 Å². The largest absolute Gasteiger partial charge is 0.481 e. The highest BCUT2D eigenvalue weighted by atomic mass is 16.5. The van der Waals surface area contributed by atoms with Crippen LogP contribution in [0.25, 0.3) is 0 Å². The van der Waals surface area contributed by atoms with Crippen LogP contribution < -0.4 is 11.1 Å². The van der Waals surface area contributed by atoms with E-state index in [1.54, 1.807) is 24.3 Å². The van der Waals surface area contributed by atoms with E-state index in [2.05, 4.69) is 5.32 Å². The molecule has 6 heteroatoms. The Bertz CT molecular complexity index is 448. The number of carboxylic acid groups (broad SMARTS) is 1. The molecule has 1 aromatic carbocycles. The molecule has 0 aliphatic heterocycles. The van der Waals surface area contributed by atoms with Gasteiger partial charge in [-0.25, -0.2) is 0 Å². The summed E-state index contributed by atoms with van der Waals surface area (Å²) >= 11 is 0. The maximum Gasteiger partial charge on any atom is 0.307 e. The molecule has 0 saturated carbocycles. The topological polar surface area (TPSA) is 102 Å². The Morgan fingerprint density at radius 2 is 2.00 bits per heavy atom. The predicted molar refractivity (Wildman–Crippen MR) is 69.5 cm³/mol. The lowest BCUT2D eigenvalue weighted by atomic mass is 10.0. The summed E-state index contributed by atoms with van der Waals surface area (Å²) < 4.78 is 4.79. The fourth-order valence-corrected chi connectivity index (χ4v) is 1.63. The van der Waals surface area contributed by atoms with Crippen LogP contribution in [0.5, 0.6) is 0 Å². The van der Waals surface area contributed by atoms with Crippen LogP contribution in [0, 0.1) is 0 Å². The number of carbonyl (C=O) groups excluding carboxylic acids is 1. The molecule has 0 fully saturated rings. The van der Waals surface area contributed by atoms with Crippen molar-refractivity contribution < 1.29 is 19.4 Å². The maximum atomic E-state index is 11.6. The Balaban J connectivity index is 2.62. The normalized spacial score (nSPS) is 11.9. The molecular weight excluding hydrogens is 248 g/mol. The highest BCUT2D eigenvalue weighted by molar-refractivity contribution is 5.81. The average molecular weight is 266 g/mol. The van der Waals surface area contributed by atoms with Crippen LogP contribution in [-0.2, 0) is 27.3 Å². The lowest BCUT2D eigenvalue weighted by molar-refractivity contribution is -0.136. The molecule has 104 valence electrons. The number of carboxylic acids is 1. The second kappa shape index (κ2) is 7.50. The summed E-state index contributed by atoms with van der Waals surface area (Å²) in [6, 6.07) is 6.34. The molecule has 0 heterocycles. The van der Waals surface area contributed by atoms with Crippen molar-refractivity contribution in [1.29, 1.82) is 0 Å². The van der Waals surface area contributed by atoms with E-state index in [0.29, 0.717) is 5.56 Å². The van der Waals surface area contributed by atoms with Crippen molar-refractivity contribution in [2.75, 3.05) is 13.7 Å². The molecule has 1 atom stereocenters. The molecule has 0 spiro atoms. The van der Waals surface area contributed by atoms with Gasteiger partial charge in [-0.1, -0.05) is 24.3 Å². The summed E-state index contributed by atoms with van der Waals surface area (Å²) in [5, 5.41) is 11.5. The standard InChI is InChI=1S/C13H18N2O4/c1-19-8-11(14)13(18)15-7-10-5-3-2-4-9(10)6-12(16)17/h2-5,11H,6-8,14H2,1H3,(H,15,18)(H,16,17). The number of aliphatic carboxylic acids is 1. The summed E-state index contributed by atoms with van der Waals surface area (Å²) in [6.07, 6.45) is -0.0732. The smallest absolute Gasteiger partial charge is 0.307 e. The van der Waals surface area contributed by atoms with Crippen molar-refractivity contribution in [3.05, 3.63) is 35.4 Å². The number of carbonyl (C=O) groups is 2. The van der Waals surface area contributed by atoms with E-state index in [1.165, 1.54) is 7.11 Å². The number of methoxy groups -OCH3 is 1. The van der Waals surface area contributed by atoms with Gasteiger partial charge in [0.25, 0.3) is 0 Å². The van der Waals surface area contributed by atoms with Crippen LogP contribution in [0.4, 0.5) is 0 Å². The molecule has 6 nitrogen and oxygen atoms in total. The molecule has 1 amide bonds. The Labute approximate surface area is 111 Å². The average Bonchev–Trinajstić information content (AvgIpc) is 2.37. The van der Waals surface area contributed by atoms with Gasteiger partial charge in [0.05, 0.1) is 13.0 Å². The van der Waals surface area contributed by atoms with Gasteiger partial charge in [-0.3, -0.25) is 9.59 Å². The number of hydrogen-bond acceptors (Lipinski definition) is 4. The summed E-state index contributed by atoms with van der Waals surface area (Å²) in [6.45, 7) is 0.391. The summed E-state index contributed by atoms with van der Waals surface area (Å²) in [7, 11) is 1.47. The Kier molecular flexibility index (Phi) is 5.98. The van der Waals surface area contributed by atoms with Crippen LogP contribution in [0.1, 0.15) is 11.1 Å². The van der Waals surface area contributed by atoms with E-state index < -0.39 is 12.0 Å². The second-order valence-electron chi connectivity index (χ2n) is 4.12. The Hall–Kier alpha value is -1.92. The number of amides is 1. The van der Waals surface area contributed by atoms with Gasteiger partial charge in [-0.2, -0.15) is 0 Å². The minimum absolute atomic E-state index is 0.0732. The van der Waals surface area contributed by atoms with Crippen molar-refractivity contribution in [2.45, 2.75) is 19.0 Å². The van der Waals surface area contributed by atoms with Gasteiger partial charge in [-0.05, 0) is 11.1 Å². The molecule has 0 aliphatic carbocycles. The minimum Gasteiger partial charge on any atom is -0.481 e. The summed E-state index contributed by atoms with van der Waals surface area (Å²) in [4.78, 5) is 22.3. The van der Waals surface area contributed by atoms with Crippen molar-refractivity contribution >= 4 is 11.9 Å². The van der Waals surface area contributed by atoms with E-state index in [-0.39, 0.29) is 25.5 Å². The van der Waals surface area contributed by atoms with Crippen LogP contribution in [-0.4, -0.2) is 36.7 Å². The first kappa shape index (κ1) is 15.1. The van der Waals surface area contributed by atoms with Gasteiger partial charge in [0, 0.05) is 13.7 Å². The predicted octanol–water partition coefficient (Wildman–Crippen LogP) is -0.0964. The van der Waals surface area contributed by atoms with Crippen LogP contribution in [0.3, 0.4) is 0 Å². The van der Waals surface area contributed by atoms with Crippen molar-refractivity contribution in [3.63, 3.8) is 0 Å². The van der Waals surface area contributed by atoms with Gasteiger partial charge in [0.2, 0.25) is 5.91 Å². The third-order valence-electron chi connectivity index (χ3n) is 2.60. The maximum absolute atomic E-state index is 11.6. The zero-order valence-electron chi connectivity index (χ0n) is 10.8. The number of rotatable bonds is 7. The molecule has 4 N–H and O–H groups in total. The molecule has 0 aliphatic rings. The third kappa shape index (κ3) is 5.07. The lowest BCUT2D eigenvalue weighted by Gasteiger charge is -2.13. The van der Waals surface area contributed by atoms with Crippen molar-refractivity contribution in [2.24, 2.45) is 5.73 Å². The molecule has 0 saturated heterocycles. The quantitative estimate of drug-likeness (QED) is 0.640. The minimum atomic E-state index is -0.908. The fourth-order valence-electron chi connectivity index (χ4n) is 1.63. The first-order valence-electron chi connectivity index (χ1n) is 5.85. The zero-order chi connectivity index (χ0) is 14.3. The molecule has 19 heavy (non-hydrogen) atoms. The van der Waals surface area contributed by atoms with Crippen LogP contribution >= 0.6 is 0 Å². The monoisotopic (exact) mass is 266 g/mol. The van der Waals surface area contributed by atoms with Gasteiger partial charge in [-0.15, -0.1) is 0 Å². The molecule has 1 rings (SSSR count). The van der Waals surface area contributed by atoms with Gasteiger partial charge < -0.3 is 20.9 Å². The molecule has 0 aromatic heterocycles. The molecule has 0 bridgehead atoms. The molecule has 1 aromatic rings. The molecule has 0 radical (unpaired) electrons. The summed E-state index contributed by atoms with van der Waals surface area (Å²) in [5.74, 6) is -1.23. The first-order chi connectivity index (χ1) is 9.04. The van der Waals surface area contributed by atoms with E-state index in [1.807, 2.05) is 0 Å². The van der Waals surface area contributed by atoms with Crippen molar-refractivity contribution in [1.82, 2.24) is 5.32 Å². The number of ether oxygens (including phenoxy) is 1. The first-order valence-corrected chi connectivity index (χ1v) is 5.85. The number of benzene rings is 1. The van der Waals surface area contributed by atoms with E-state index in [9.17, 15) is 9.59 Å². The molecular formula is C13H18N2O4. The number of nitrogens with two attached hydrogens (primary N) is 1. The van der Waals surface area contributed by atoms with E-state index in [4.69, 9.17) is 15.6 Å². The fraction of sp³-hybridized carbons (Fsp3) is 0.385. The van der Waals surface area contributed by atoms with Gasteiger partial charge in [0.1, 0.15) is 6.04 Å². The Morgan fingerprint density at radius 1 is 1.37 bits per heavy atom. The zero-order valence-corrected chi connectivity index (χ0v) is 10.8. The van der Waals surface area contributed by atoms with Gasteiger partial charge >= 0.3 is 5.97 Å². The van der Waals surface area contributed by atoms with Crippen LogP contribution in [0.15, 0.2) is 24.3 Å². The van der Waals surface area contributed by atoms with Crippen molar-refractivity contribution in [3.8, 4) is 0 Å². The molecule has 1 unspecified atom stereocenters.